The van der Waals surface area contributed by atoms with Gasteiger partial charge < -0.3 is 15.6 Å². The van der Waals surface area contributed by atoms with Crippen LogP contribution in [0.3, 0.4) is 0 Å². The minimum absolute atomic E-state index is 0.103. The summed E-state index contributed by atoms with van der Waals surface area (Å²) in [5, 5.41) is 3.57. The van der Waals surface area contributed by atoms with E-state index in [9.17, 15) is 4.79 Å². The van der Waals surface area contributed by atoms with Crippen molar-refractivity contribution < 1.29 is 4.79 Å². The standard InChI is InChI=1S/C15H16ClN3O/c16-11-3-1-2-10(6-11)8-18-15(20)14-7-12(17)9-19(14)13-4-5-13/h1-3,6-7,9,13H,4-5,8,17H2,(H,18,20). The van der Waals surface area contributed by atoms with E-state index in [1.165, 1.54) is 0 Å². The molecule has 0 aliphatic heterocycles. The third kappa shape index (κ3) is 2.80. The van der Waals surface area contributed by atoms with Gasteiger partial charge in [-0.05, 0) is 36.6 Å². The van der Waals surface area contributed by atoms with Crippen molar-refractivity contribution in [3.8, 4) is 0 Å². The lowest BCUT2D eigenvalue weighted by Gasteiger charge is -2.08. The lowest BCUT2D eigenvalue weighted by atomic mass is 10.2. The third-order valence-electron chi connectivity index (χ3n) is 3.38. The second-order valence-electron chi connectivity index (χ2n) is 5.11. The van der Waals surface area contributed by atoms with Crippen molar-refractivity contribution in [3.63, 3.8) is 0 Å². The maximum absolute atomic E-state index is 12.2. The number of amides is 1. The van der Waals surface area contributed by atoms with Crippen LogP contribution >= 0.6 is 11.6 Å². The van der Waals surface area contributed by atoms with E-state index in [2.05, 4.69) is 5.32 Å². The first-order valence-corrected chi connectivity index (χ1v) is 7.01. The summed E-state index contributed by atoms with van der Waals surface area (Å²) in [6.45, 7) is 0.454. The maximum atomic E-state index is 12.2. The molecule has 0 spiro atoms. The predicted octanol–water partition coefficient (Wildman–Crippen LogP) is 2.99. The summed E-state index contributed by atoms with van der Waals surface area (Å²) >= 11 is 5.92. The summed E-state index contributed by atoms with van der Waals surface area (Å²) in [5.74, 6) is -0.103. The number of nitrogens with one attached hydrogen (secondary N) is 1. The second-order valence-corrected chi connectivity index (χ2v) is 5.55. The minimum atomic E-state index is -0.103. The predicted molar refractivity (Wildman–Crippen MR) is 79.7 cm³/mol. The van der Waals surface area contributed by atoms with Gasteiger partial charge in [-0.3, -0.25) is 4.79 Å². The fraction of sp³-hybridized carbons (Fsp3) is 0.267. The highest BCUT2D eigenvalue weighted by atomic mass is 35.5. The fourth-order valence-electron chi connectivity index (χ4n) is 2.26. The number of nitrogens with two attached hydrogens (primary N) is 1. The van der Waals surface area contributed by atoms with Crippen molar-refractivity contribution in [2.75, 3.05) is 5.73 Å². The number of halogens is 1. The van der Waals surface area contributed by atoms with Crippen molar-refractivity contribution in [2.45, 2.75) is 25.4 Å². The first-order valence-electron chi connectivity index (χ1n) is 6.63. The molecule has 3 rings (SSSR count). The van der Waals surface area contributed by atoms with Gasteiger partial charge in [0.05, 0.1) is 5.69 Å². The third-order valence-corrected chi connectivity index (χ3v) is 3.62. The summed E-state index contributed by atoms with van der Waals surface area (Å²) in [7, 11) is 0. The molecular weight excluding hydrogens is 274 g/mol. The largest absolute Gasteiger partial charge is 0.397 e. The van der Waals surface area contributed by atoms with E-state index in [0.717, 1.165) is 18.4 Å². The smallest absolute Gasteiger partial charge is 0.268 e. The van der Waals surface area contributed by atoms with Crippen LogP contribution in [0.1, 0.15) is 34.9 Å². The van der Waals surface area contributed by atoms with E-state index < -0.39 is 0 Å². The molecule has 0 atom stereocenters. The van der Waals surface area contributed by atoms with E-state index in [0.29, 0.717) is 29.0 Å². The van der Waals surface area contributed by atoms with Crippen LogP contribution < -0.4 is 11.1 Å². The molecule has 3 N–H and O–H groups in total. The van der Waals surface area contributed by atoms with Crippen LogP contribution in [0.5, 0.6) is 0 Å². The number of rotatable bonds is 4. The van der Waals surface area contributed by atoms with Crippen molar-refractivity contribution in [3.05, 3.63) is 52.8 Å². The van der Waals surface area contributed by atoms with Crippen LogP contribution in [0.15, 0.2) is 36.5 Å². The number of nitrogens with zero attached hydrogens (tertiary/aromatic N) is 1. The normalized spacial score (nSPS) is 14.2. The molecule has 20 heavy (non-hydrogen) atoms. The van der Waals surface area contributed by atoms with Crippen molar-refractivity contribution in [2.24, 2.45) is 0 Å². The van der Waals surface area contributed by atoms with Crippen molar-refractivity contribution in [1.29, 1.82) is 0 Å². The van der Waals surface area contributed by atoms with E-state index in [1.807, 2.05) is 35.0 Å². The Bertz CT molecular complexity index is 646. The Morgan fingerprint density at radius 1 is 1.40 bits per heavy atom. The number of hydrogen-bond acceptors (Lipinski definition) is 2. The molecule has 1 aliphatic carbocycles. The summed E-state index contributed by atoms with van der Waals surface area (Å²) in [5.41, 5.74) is 8.03. The van der Waals surface area contributed by atoms with Crippen LogP contribution in [0, 0.1) is 0 Å². The molecule has 0 unspecified atom stereocenters. The summed E-state index contributed by atoms with van der Waals surface area (Å²) < 4.78 is 1.97. The zero-order valence-corrected chi connectivity index (χ0v) is 11.7. The number of carbonyl (C=O) groups is 1. The first-order chi connectivity index (χ1) is 9.63. The van der Waals surface area contributed by atoms with Gasteiger partial charge in [0.1, 0.15) is 5.69 Å². The van der Waals surface area contributed by atoms with Gasteiger partial charge in [-0.25, -0.2) is 0 Å². The Morgan fingerprint density at radius 2 is 2.20 bits per heavy atom. The van der Waals surface area contributed by atoms with Gasteiger partial charge >= 0.3 is 0 Å². The zero-order valence-electron chi connectivity index (χ0n) is 11.0. The van der Waals surface area contributed by atoms with Gasteiger partial charge in [0.25, 0.3) is 5.91 Å². The monoisotopic (exact) mass is 289 g/mol. The molecule has 1 heterocycles. The van der Waals surface area contributed by atoms with Gasteiger partial charge in [-0.15, -0.1) is 0 Å². The SMILES string of the molecule is Nc1cc(C(=O)NCc2cccc(Cl)c2)n(C2CC2)c1. The highest BCUT2D eigenvalue weighted by molar-refractivity contribution is 6.30. The number of anilines is 1. The van der Waals surface area contributed by atoms with Gasteiger partial charge in [0.15, 0.2) is 0 Å². The number of hydrogen-bond donors (Lipinski definition) is 2. The highest BCUT2D eigenvalue weighted by Crippen LogP contribution is 2.37. The molecule has 5 heteroatoms. The van der Waals surface area contributed by atoms with Crippen LogP contribution in [0.25, 0.3) is 0 Å². The van der Waals surface area contributed by atoms with E-state index in [1.54, 1.807) is 6.07 Å². The number of benzene rings is 1. The van der Waals surface area contributed by atoms with Crippen molar-refractivity contribution >= 4 is 23.2 Å². The number of nitrogen functional groups attached to an aromatic ring is 1. The first kappa shape index (κ1) is 13.1. The average molecular weight is 290 g/mol. The summed E-state index contributed by atoms with van der Waals surface area (Å²) in [4.78, 5) is 12.2. The molecule has 0 saturated heterocycles. The molecule has 1 aliphatic rings. The summed E-state index contributed by atoms with van der Waals surface area (Å²) in [6, 6.07) is 9.61. The molecule has 1 aromatic carbocycles. The summed E-state index contributed by atoms with van der Waals surface area (Å²) in [6.07, 6.45) is 4.07. The molecule has 1 saturated carbocycles. The minimum Gasteiger partial charge on any atom is -0.397 e. The molecule has 4 nitrogen and oxygen atoms in total. The van der Waals surface area contributed by atoms with Gasteiger partial charge in [0, 0.05) is 23.8 Å². The Hall–Kier alpha value is -1.94. The molecule has 1 aromatic heterocycles. The Balaban J connectivity index is 1.70. The molecule has 0 radical (unpaired) electrons. The molecular formula is C15H16ClN3O. The Morgan fingerprint density at radius 3 is 2.90 bits per heavy atom. The van der Waals surface area contributed by atoms with Gasteiger partial charge in [-0.1, -0.05) is 23.7 Å². The molecule has 104 valence electrons. The van der Waals surface area contributed by atoms with Crippen LogP contribution in [0.4, 0.5) is 5.69 Å². The average Bonchev–Trinajstić information content (AvgIpc) is 3.19. The van der Waals surface area contributed by atoms with Crippen molar-refractivity contribution in [1.82, 2.24) is 9.88 Å². The van der Waals surface area contributed by atoms with E-state index in [-0.39, 0.29) is 5.91 Å². The topological polar surface area (TPSA) is 60.1 Å². The van der Waals surface area contributed by atoms with E-state index in [4.69, 9.17) is 17.3 Å². The quantitative estimate of drug-likeness (QED) is 0.909. The second kappa shape index (κ2) is 5.21. The number of carbonyl (C=O) groups excluding carboxylic acids is 1. The van der Waals surface area contributed by atoms with Crippen LogP contribution in [0.2, 0.25) is 5.02 Å². The molecule has 0 bridgehead atoms. The number of aromatic nitrogens is 1. The van der Waals surface area contributed by atoms with Crippen LogP contribution in [-0.4, -0.2) is 10.5 Å². The Labute approximate surface area is 122 Å². The van der Waals surface area contributed by atoms with Crippen LogP contribution in [-0.2, 0) is 6.54 Å². The lowest BCUT2D eigenvalue weighted by Crippen LogP contribution is -2.25. The van der Waals surface area contributed by atoms with Gasteiger partial charge in [0.2, 0.25) is 0 Å². The van der Waals surface area contributed by atoms with E-state index >= 15 is 0 Å². The highest BCUT2D eigenvalue weighted by Gasteiger charge is 2.27. The maximum Gasteiger partial charge on any atom is 0.268 e. The molecule has 1 amide bonds. The fourth-order valence-corrected chi connectivity index (χ4v) is 2.47. The Kier molecular flexibility index (Phi) is 3.40. The molecule has 2 aromatic rings. The van der Waals surface area contributed by atoms with Gasteiger partial charge in [-0.2, -0.15) is 0 Å². The lowest BCUT2D eigenvalue weighted by molar-refractivity contribution is 0.0941. The zero-order chi connectivity index (χ0) is 14.1. The molecule has 1 fully saturated rings.